The second kappa shape index (κ2) is 6.90. The fourth-order valence-electron chi connectivity index (χ4n) is 2.86. The molecule has 1 aliphatic rings. The van der Waals surface area contributed by atoms with Crippen molar-refractivity contribution in [1.82, 2.24) is 4.98 Å². The number of fused-ring (bicyclic) bond motifs is 1. The van der Waals surface area contributed by atoms with Gasteiger partial charge in [0.15, 0.2) is 0 Å². The number of carbonyl (C=O) groups excluding carboxylic acids is 1. The van der Waals surface area contributed by atoms with Crippen LogP contribution in [0.1, 0.15) is 26.3 Å². The molecule has 1 aliphatic heterocycles. The number of alkyl halides is 3. The monoisotopic (exact) mass is 429 g/mol. The molecule has 29 heavy (non-hydrogen) atoms. The van der Waals surface area contributed by atoms with E-state index in [0.29, 0.717) is 17.6 Å². The number of amides is 1. The lowest BCUT2D eigenvalue weighted by atomic mass is 10.1. The minimum Gasteiger partial charge on any atom is -0.484 e. The molecule has 0 unspecified atom stereocenters. The lowest BCUT2D eigenvalue weighted by Crippen LogP contribution is -2.48. The zero-order valence-electron chi connectivity index (χ0n) is 15.7. The van der Waals surface area contributed by atoms with E-state index in [4.69, 9.17) is 4.74 Å². The van der Waals surface area contributed by atoms with Gasteiger partial charge in [-0.15, -0.1) is 0 Å². The topological polar surface area (TPSA) is 88.6 Å². The van der Waals surface area contributed by atoms with Crippen LogP contribution >= 0.6 is 0 Å². The summed E-state index contributed by atoms with van der Waals surface area (Å²) in [5.74, 6) is -0.200. The average Bonchev–Trinajstić information content (AvgIpc) is 2.59. The van der Waals surface area contributed by atoms with Gasteiger partial charge in [0, 0.05) is 13.1 Å². The Balaban J connectivity index is 1.92. The minimum atomic E-state index is -4.58. The number of nitrogens with zero attached hydrogens (tertiary/aromatic N) is 2. The maximum absolute atomic E-state index is 12.7. The normalized spacial score (nSPS) is 16.0. The number of rotatable bonds is 3. The van der Waals surface area contributed by atoms with Crippen molar-refractivity contribution in [2.24, 2.45) is 0 Å². The minimum absolute atomic E-state index is 0.187. The van der Waals surface area contributed by atoms with E-state index >= 15 is 0 Å². The van der Waals surface area contributed by atoms with Gasteiger partial charge in [0.25, 0.3) is 10.0 Å². The number of sulfonamides is 1. The van der Waals surface area contributed by atoms with Crippen molar-refractivity contribution in [3.8, 4) is 5.75 Å². The number of ether oxygens (including phenoxy) is 1. The molecule has 1 aromatic carbocycles. The number of nitrogens with one attached hydrogen (secondary N) is 1. The lowest BCUT2D eigenvalue weighted by Gasteiger charge is -2.39. The molecule has 7 nitrogen and oxygen atoms in total. The summed E-state index contributed by atoms with van der Waals surface area (Å²) < 4.78 is 71.1. The average molecular weight is 429 g/mol. The first-order valence-electron chi connectivity index (χ1n) is 8.46. The van der Waals surface area contributed by atoms with Crippen LogP contribution in [-0.2, 0) is 21.0 Å². The van der Waals surface area contributed by atoms with E-state index in [1.54, 1.807) is 13.8 Å². The third-order valence-electron chi connectivity index (χ3n) is 4.17. The van der Waals surface area contributed by atoms with Crippen molar-refractivity contribution in [2.75, 3.05) is 16.2 Å². The first-order chi connectivity index (χ1) is 13.3. The van der Waals surface area contributed by atoms with Gasteiger partial charge in [-0.2, -0.15) is 13.2 Å². The predicted molar refractivity (Wildman–Crippen MR) is 99.2 cm³/mol. The maximum Gasteiger partial charge on any atom is 0.417 e. The van der Waals surface area contributed by atoms with Crippen molar-refractivity contribution in [2.45, 2.75) is 37.4 Å². The summed E-state index contributed by atoms with van der Waals surface area (Å²) in [4.78, 5) is 16.7. The molecule has 0 saturated heterocycles. The van der Waals surface area contributed by atoms with E-state index in [2.05, 4.69) is 9.71 Å². The van der Waals surface area contributed by atoms with Crippen LogP contribution in [0.5, 0.6) is 5.75 Å². The Labute approximate surface area is 165 Å². The third-order valence-corrected chi connectivity index (χ3v) is 5.52. The molecule has 0 aliphatic carbocycles. The molecule has 11 heteroatoms. The smallest absolute Gasteiger partial charge is 0.417 e. The molecule has 0 atom stereocenters. The molecule has 0 radical (unpaired) electrons. The van der Waals surface area contributed by atoms with Crippen LogP contribution in [0.3, 0.4) is 0 Å². The van der Waals surface area contributed by atoms with E-state index in [1.165, 1.54) is 30.0 Å². The molecule has 2 heterocycles. The largest absolute Gasteiger partial charge is 0.484 e. The van der Waals surface area contributed by atoms with E-state index < -0.39 is 27.4 Å². The number of hydrogen-bond donors (Lipinski definition) is 1. The summed E-state index contributed by atoms with van der Waals surface area (Å²) in [7, 11) is -4.16. The number of halogens is 3. The fourth-order valence-corrected chi connectivity index (χ4v) is 3.88. The summed E-state index contributed by atoms with van der Waals surface area (Å²) in [5.41, 5.74) is -1.35. The highest BCUT2D eigenvalue weighted by atomic mass is 32.2. The molecular formula is C18H18F3N3O4S. The number of pyridine rings is 1. The van der Waals surface area contributed by atoms with Gasteiger partial charge < -0.3 is 9.64 Å². The van der Waals surface area contributed by atoms with Crippen LogP contribution in [0.25, 0.3) is 0 Å². The molecular weight excluding hydrogens is 411 g/mol. The second-order valence-electron chi connectivity index (χ2n) is 7.13. The first-order valence-corrected chi connectivity index (χ1v) is 9.94. The van der Waals surface area contributed by atoms with Gasteiger partial charge in [-0.1, -0.05) is 0 Å². The molecule has 0 fully saturated rings. The highest BCUT2D eigenvalue weighted by molar-refractivity contribution is 7.92. The Kier molecular flexibility index (Phi) is 4.98. The van der Waals surface area contributed by atoms with Crippen molar-refractivity contribution in [3.05, 3.63) is 42.1 Å². The second-order valence-corrected chi connectivity index (χ2v) is 8.81. The number of anilines is 2. The molecule has 3 rings (SSSR count). The van der Waals surface area contributed by atoms with Gasteiger partial charge in [0.05, 0.1) is 22.7 Å². The van der Waals surface area contributed by atoms with Crippen LogP contribution in [-0.4, -0.2) is 31.5 Å². The van der Waals surface area contributed by atoms with Gasteiger partial charge in [-0.3, -0.25) is 9.52 Å². The van der Waals surface area contributed by atoms with E-state index in [0.717, 1.165) is 12.1 Å². The summed E-state index contributed by atoms with van der Waals surface area (Å²) in [6.07, 6.45) is -4.04. The van der Waals surface area contributed by atoms with Crippen molar-refractivity contribution >= 4 is 27.4 Å². The first kappa shape index (κ1) is 20.9. The highest BCUT2D eigenvalue weighted by Gasteiger charge is 2.35. The summed E-state index contributed by atoms with van der Waals surface area (Å²) in [6, 6.07) is 5.64. The van der Waals surface area contributed by atoms with Crippen LogP contribution in [0, 0.1) is 0 Å². The van der Waals surface area contributed by atoms with Gasteiger partial charge in [0.1, 0.15) is 17.2 Å². The van der Waals surface area contributed by atoms with Crippen molar-refractivity contribution in [1.29, 1.82) is 0 Å². The lowest BCUT2D eigenvalue weighted by molar-refractivity contribution is -0.137. The highest BCUT2D eigenvalue weighted by Crippen LogP contribution is 2.38. The molecule has 0 bridgehead atoms. The van der Waals surface area contributed by atoms with Gasteiger partial charge in [-0.25, -0.2) is 13.4 Å². The van der Waals surface area contributed by atoms with Gasteiger partial charge in [-0.05, 0) is 44.2 Å². The maximum atomic E-state index is 12.7. The number of carbonyl (C=O) groups is 1. The summed E-state index contributed by atoms with van der Waals surface area (Å²) in [5, 5.41) is 0. The quantitative estimate of drug-likeness (QED) is 0.808. The summed E-state index contributed by atoms with van der Waals surface area (Å²) >= 11 is 0. The predicted octanol–water partition coefficient (Wildman–Crippen LogP) is 3.43. The standard InChI is InChI=1S/C18H18F3N3O4S/c1-11(25)24-10-17(2,3)28-15-6-5-13(8-14(15)24)29(26,27)23-16-7-4-12(9-22-16)18(19,20)21/h4-9H,10H2,1-3H3,(H,22,23). The zero-order chi connectivity index (χ0) is 21.6. The van der Waals surface area contributed by atoms with E-state index in [1.807, 2.05) is 0 Å². The molecule has 1 aromatic heterocycles. The Morgan fingerprint density at radius 2 is 1.93 bits per heavy atom. The van der Waals surface area contributed by atoms with Crippen LogP contribution in [0.4, 0.5) is 24.7 Å². The molecule has 0 spiro atoms. The van der Waals surface area contributed by atoms with E-state index in [-0.39, 0.29) is 23.2 Å². The SMILES string of the molecule is CC(=O)N1CC(C)(C)Oc2ccc(S(=O)(=O)Nc3ccc(C(F)(F)F)cn3)cc21. The Morgan fingerprint density at radius 3 is 2.48 bits per heavy atom. The van der Waals surface area contributed by atoms with Crippen LogP contribution in [0.2, 0.25) is 0 Å². The van der Waals surface area contributed by atoms with E-state index in [9.17, 15) is 26.4 Å². The van der Waals surface area contributed by atoms with Crippen molar-refractivity contribution < 1.29 is 31.1 Å². The van der Waals surface area contributed by atoms with Crippen LogP contribution < -0.4 is 14.4 Å². The van der Waals surface area contributed by atoms with Gasteiger partial charge in [0.2, 0.25) is 5.91 Å². The zero-order valence-corrected chi connectivity index (χ0v) is 16.6. The van der Waals surface area contributed by atoms with Crippen LogP contribution in [0.15, 0.2) is 41.4 Å². The van der Waals surface area contributed by atoms with Gasteiger partial charge >= 0.3 is 6.18 Å². The number of benzene rings is 1. The molecule has 2 aromatic rings. The Hall–Kier alpha value is -2.82. The Morgan fingerprint density at radius 1 is 1.24 bits per heavy atom. The summed E-state index contributed by atoms with van der Waals surface area (Å²) in [6.45, 7) is 5.19. The third kappa shape index (κ3) is 4.44. The molecule has 0 saturated carbocycles. The van der Waals surface area contributed by atoms with Crippen molar-refractivity contribution in [3.63, 3.8) is 0 Å². The Bertz CT molecular complexity index is 1050. The fraction of sp³-hybridized carbons (Fsp3) is 0.333. The number of aromatic nitrogens is 1. The molecule has 1 amide bonds. The number of hydrogen-bond acceptors (Lipinski definition) is 5. The molecule has 1 N–H and O–H groups in total. The molecule has 156 valence electrons.